The van der Waals surface area contributed by atoms with E-state index in [1.165, 1.54) is 0 Å². The van der Waals surface area contributed by atoms with Crippen LogP contribution in [0.3, 0.4) is 0 Å². The predicted molar refractivity (Wildman–Crippen MR) is 89.5 cm³/mol. The first-order valence-corrected chi connectivity index (χ1v) is 8.03. The normalized spacial score (nSPS) is 12.7. The van der Waals surface area contributed by atoms with E-state index in [-0.39, 0.29) is 5.91 Å². The first-order chi connectivity index (χ1) is 11.2. The summed E-state index contributed by atoms with van der Waals surface area (Å²) < 4.78 is 10.9. The SMILES string of the molecule is O=C(NCCCc1ccccc1Cl)c1ccc2c(c1)OCCO2. The number of halogens is 1. The third kappa shape index (κ3) is 3.96. The Morgan fingerprint density at radius 1 is 1.09 bits per heavy atom. The molecule has 2 aromatic rings. The number of fused-ring (bicyclic) bond motifs is 1. The quantitative estimate of drug-likeness (QED) is 0.853. The molecule has 0 atom stereocenters. The molecule has 0 aromatic heterocycles. The van der Waals surface area contributed by atoms with Crippen molar-refractivity contribution in [1.29, 1.82) is 0 Å². The molecule has 3 rings (SSSR count). The predicted octanol–water partition coefficient (Wildman–Crippen LogP) is 3.47. The standard InChI is InChI=1S/C18H18ClNO3/c19-15-6-2-1-4-13(15)5-3-9-20-18(21)14-7-8-16-17(12-14)23-11-10-22-16/h1-2,4,6-8,12H,3,5,9-11H2,(H,20,21). The third-order valence-corrected chi connectivity index (χ3v) is 4.04. The van der Waals surface area contributed by atoms with Crippen LogP contribution in [0.2, 0.25) is 5.02 Å². The van der Waals surface area contributed by atoms with Crippen molar-refractivity contribution in [2.24, 2.45) is 0 Å². The van der Waals surface area contributed by atoms with Crippen molar-refractivity contribution in [1.82, 2.24) is 5.32 Å². The largest absolute Gasteiger partial charge is 0.486 e. The van der Waals surface area contributed by atoms with E-state index in [1.54, 1.807) is 18.2 Å². The van der Waals surface area contributed by atoms with Crippen LogP contribution in [-0.4, -0.2) is 25.7 Å². The molecule has 1 heterocycles. The Morgan fingerprint density at radius 2 is 1.87 bits per heavy atom. The van der Waals surface area contributed by atoms with Crippen LogP contribution in [0.1, 0.15) is 22.3 Å². The maximum absolute atomic E-state index is 12.2. The second-order valence-corrected chi connectivity index (χ2v) is 5.72. The van der Waals surface area contributed by atoms with Crippen molar-refractivity contribution >= 4 is 17.5 Å². The minimum atomic E-state index is -0.110. The summed E-state index contributed by atoms with van der Waals surface area (Å²) >= 11 is 6.12. The van der Waals surface area contributed by atoms with E-state index in [9.17, 15) is 4.79 Å². The molecule has 120 valence electrons. The second kappa shape index (κ2) is 7.38. The summed E-state index contributed by atoms with van der Waals surface area (Å²) in [6.07, 6.45) is 1.67. The number of carbonyl (C=O) groups excluding carboxylic acids is 1. The molecule has 0 aliphatic carbocycles. The minimum absolute atomic E-state index is 0.110. The van der Waals surface area contributed by atoms with Gasteiger partial charge in [0.1, 0.15) is 13.2 Å². The maximum atomic E-state index is 12.2. The van der Waals surface area contributed by atoms with E-state index < -0.39 is 0 Å². The Bertz CT molecular complexity index is 702. The molecular weight excluding hydrogens is 314 g/mol. The zero-order chi connectivity index (χ0) is 16.1. The number of aryl methyl sites for hydroxylation is 1. The van der Waals surface area contributed by atoms with Crippen molar-refractivity contribution in [3.05, 3.63) is 58.6 Å². The molecule has 0 radical (unpaired) electrons. The number of rotatable bonds is 5. The number of nitrogens with one attached hydrogen (secondary N) is 1. The number of hydrogen-bond acceptors (Lipinski definition) is 3. The molecule has 1 N–H and O–H groups in total. The molecular formula is C18H18ClNO3. The summed E-state index contributed by atoms with van der Waals surface area (Å²) in [5.41, 5.74) is 1.68. The number of hydrogen-bond donors (Lipinski definition) is 1. The summed E-state index contributed by atoms with van der Waals surface area (Å²) in [6, 6.07) is 13.0. The maximum Gasteiger partial charge on any atom is 0.251 e. The van der Waals surface area contributed by atoms with Crippen LogP contribution in [0, 0.1) is 0 Å². The lowest BCUT2D eigenvalue weighted by Crippen LogP contribution is -2.25. The lowest BCUT2D eigenvalue weighted by Gasteiger charge is -2.18. The monoisotopic (exact) mass is 331 g/mol. The molecule has 5 heteroatoms. The van der Waals surface area contributed by atoms with Gasteiger partial charge in [0.25, 0.3) is 5.91 Å². The highest BCUT2D eigenvalue weighted by molar-refractivity contribution is 6.31. The van der Waals surface area contributed by atoms with Crippen molar-refractivity contribution in [3.63, 3.8) is 0 Å². The number of ether oxygens (including phenoxy) is 2. The van der Waals surface area contributed by atoms with Crippen LogP contribution in [-0.2, 0) is 6.42 Å². The van der Waals surface area contributed by atoms with E-state index >= 15 is 0 Å². The number of carbonyl (C=O) groups is 1. The zero-order valence-electron chi connectivity index (χ0n) is 12.7. The van der Waals surface area contributed by atoms with Gasteiger partial charge < -0.3 is 14.8 Å². The van der Waals surface area contributed by atoms with Gasteiger partial charge in [0, 0.05) is 17.1 Å². The van der Waals surface area contributed by atoms with Crippen LogP contribution in [0.25, 0.3) is 0 Å². The fourth-order valence-electron chi connectivity index (χ4n) is 2.47. The Balaban J connectivity index is 1.51. The Kier molecular flexibility index (Phi) is 5.03. The molecule has 1 aliphatic heterocycles. The van der Waals surface area contributed by atoms with Gasteiger partial charge in [-0.3, -0.25) is 4.79 Å². The van der Waals surface area contributed by atoms with Gasteiger partial charge in [-0.1, -0.05) is 29.8 Å². The summed E-state index contributed by atoms with van der Waals surface area (Å²) in [4.78, 5) is 12.2. The highest BCUT2D eigenvalue weighted by atomic mass is 35.5. The van der Waals surface area contributed by atoms with Gasteiger partial charge in [-0.05, 0) is 42.7 Å². The van der Waals surface area contributed by atoms with Gasteiger partial charge in [-0.25, -0.2) is 0 Å². The minimum Gasteiger partial charge on any atom is -0.486 e. The first-order valence-electron chi connectivity index (χ1n) is 7.65. The van der Waals surface area contributed by atoms with Crippen molar-refractivity contribution in [2.45, 2.75) is 12.8 Å². The Morgan fingerprint density at radius 3 is 2.70 bits per heavy atom. The molecule has 1 aliphatic rings. The lowest BCUT2D eigenvalue weighted by molar-refractivity contribution is 0.0952. The van der Waals surface area contributed by atoms with E-state index in [0.29, 0.717) is 36.8 Å². The van der Waals surface area contributed by atoms with Crippen molar-refractivity contribution < 1.29 is 14.3 Å². The zero-order valence-corrected chi connectivity index (χ0v) is 13.4. The fourth-order valence-corrected chi connectivity index (χ4v) is 2.70. The van der Waals surface area contributed by atoms with E-state index in [2.05, 4.69) is 5.32 Å². The van der Waals surface area contributed by atoms with Gasteiger partial charge in [-0.2, -0.15) is 0 Å². The van der Waals surface area contributed by atoms with Gasteiger partial charge in [0.15, 0.2) is 11.5 Å². The van der Waals surface area contributed by atoms with Gasteiger partial charge in [-0.15, -0.1) is 0 Å². The van der Waals surface area contributed by atoms with Crippen LogP contribution >= 0.6 is 11.6 Å². The highest BCUT2D eigenvalue weighted by Gasteiger charge is 2.14. The van der Waals surface area contributed by atoms with Crippen molar-refractivity contribution in [3.8, 4) is 11.5 Å². The average Bonchev–Trinajstić information content (AvgIpc) is 2.59. The molecule has 0 saturated heterocycles. The van der Waals surface area contributed by atoms with Gasteiger partial charge >= 0.3 is 0 Å². The molecule has 0 spiro atoms. The Hall–Kier alpha value is -2.20. The van der Waals surface area contributed by atoms with Crippen LogP contribution in [0.5, 0.6) is 11.5 Å². The average molecular weight is 332 g/mol. The van der Waals surface area contributed by atoms with Crippen LogP contribution < -0.4 is 14.8 Å². The Labute approximate surface area is 140 Å². The molecule has 0 fully saturated rings. The molecule has 4 nitrogen and oxygen atoms in total. The van der Waals surface area contributed by atoms with Crippen LogP contribution in [0.4, 0.5) is 0 Å². The molecule has 0 bridgehead atoms. The second-order valence-electron chi connectivity index (χ2n) is 5.31. The van der Waals surface area contributed by atoms with Gasteiger partial charge in [0.2, 0.25) is 0 Å². The summed E-state index contributed by atoms with van der Waals surface area (Å²) in [5, 5.41) is 3.69. The fraction of sp³-hybridized carbons (Fsp3) is 0.278. The molecule has 1 amide bonds. The van der Waals surface area contributed by atoms with Gasteiger partial charge in [0.05, 0.1) is 0 Å². The molecule has 23 heavy (non-hydrogen) atoms. The third-order valence-electron chi connectivity index (χ3n) is 3.67. The topological polar surface area (TPSA) is 47.6 Å². The molecule has 2 aromatic carbocycles. The highest BCUT2D eigenvalue weighted by Crippen LogP contribution is 2.30. The smallest absolute Gasteiger partial charge is 0.251 e. The van der Waals surface area contributed by atoms with E-state index in [4.69, 9.17) is 21.1 Å². The molecule has 0 unspecified atom stereocenters. The van der Waals surface area contributed by atoms with Crippen LogP contribution in [0.15, 0.2) is 42.5 Å². The lowest BCUT2D eigenvalue weighted by atomic mass is 10.1. The summed E-state index contributed by atoms with van der Waals surface area (Å²) in [6.45, 7) is 1.65. The van der Waals surface area contributed by atoms with Crippen molar-refractivity contribution in [2.75, 3.05) is 19.8 Å². The number of benzene rings is 2. The summed E-state index contributed by atoms with van der Waals surface area (Å²) in [7, 11) is 0. The first kappa shape index (κ1) is 15.7. The summed E-state index contributed by atoms with van der Waals surface area (Å²) in [5.74, 6) is 1.20. The van der Waals surface area contributed by atoms with E-state index in [0.717, 1.165) is 23.4 Å². The molecule has 0 saturated carbocycles. The number of amides is 1. The van der Waals surface area contributed by atoms with E-state index in [1.807, 2.05) is 24.3 Å².